The summed E-state index contributed by atoms with van der Waals surface area (Å²) in [6.45, 7) is 4.33. The van der Waals surface area contributed by atoms with Gasteiger partial charge in [0.15, 0.2) is 0 Å². The molecule has 0 radical (unpaired) electrons. The van der Waals surface area contributed by atoms with Crippen LogP contribution in [0.25, 0.3) is 6.08 Å². The molecule has 0 N–H and O–H groups in total. The van der Waals surface area contributed by atoms with E-state index >= 15 is 0 Å². The number of benzene rings is 1. The van der Waals surface area contributed by atoms with Crippen molar-refractivity contribution in [3.8, 4) is 0 Å². The standard InChI is InChI=1S/C12H15Br/c1-3-11(9-13)8-12-7-5-4-6-10(12)2/h4-8H,3,9H2,1-2H3. The third kappa shape index (κ3) is 3.00. The van der Waals surface area contributed by atoms with Crippen molar-refractivity contribution >= 4 is 22.0 Å². The minimum Gasteiger partial charge on any atom is -0.0880 e. The Morgan fingerprint density at radius 3 is 2.62 bits per heavy atom. The topological polar surface area (TPSA) is 0 Å². The van der Waals surface area contributed by atoms with Crippen LogP contribution in [0.15, 0.2) is 29.8 Å². The lowest BCUT2D eigenvalue weighted by Gasteiger charge is -2.02. The van der Waals surface area contributed by atoms with E-state index in [4.69, 9.17) is 0 Å². The van der Waals surface area contributed by atoms with Gasteiger partial charge in [-0.05, 0) is 24.5 Å². The average molecular weight is 239 g/mol. The normalized spacial score (nSPS) is 11.8. The molecule has 13 heavy (non-hydrogen) atoms. The van der Waals surface area contributed by atoms with Crippen LogP contribution >= 0.6 is 15.9 Å². The fraction of sp³-hybridized carbons (Fsp3) is 0.333. The van der Waals surface area contributed by atoms with E-state index in [1.165, 1.54) is 16.7 Å². The molecule has 0 spiro atoms. The van der Waals surface area contributed by atoms with E-state index in [2.05, 4.69) is 60.1 Å². The fourth-order valence-corrected chi connectivity index (χ4v) is 1.76. The van der Waals surface area contributed by atoms with Crippen LogP contribution in [0.5, 0.6) is 0 Å². The highest BCUT2D eigenvalue weighted by Gasteiger charge is 1.95. The Morgan fingerprint density at radius 2 is 2.08 bits per heavy atom. The van der Waals surface area contributed by atoms with Crippen molar-refractivity contribution in [1.29, 1.82) is 0 Å². The fourth-order valence-electron chi connectivity index (χ4n) is 1.20. The van der Waals surface area contributed by atoms with Gasteiger partial charge in [0, 0.05) is 5.33 Å². The average Bonchev–Trinajstić information content (AvgIpc) is 2.17. The van der Waals surface area contributed by atoms with E-state index < -0.39 is 0 Å². The molecule has 0 aromatic heterocycles. The summed E-state index contributed by atoms with van der Waals surface area (Å²) in [6, 6.07) is 8.47. The number of hydrogen-bond donors (Lipinski definition) is 0. The lowest BCUT2D eigenvalue weighted by atomic mass is 10.1. The lowest BCUT2D eigenvalue weighted by molar-refractivity contribution is 1.12. The maximum atomic E-state index is 3.49. The molecule has 0 amide bonds. The molecule has 1 aromatic rings. The third-order valence-electron chi connectivity index (χ3n) is 2.17. The summed E-state index contributed by atoms with van der Waals surface area (Å²) in [6.07, 6.45) is 3.38. The van der Waals surface area contributed by atoms with E-state index in [-0.39, 0.29) is 0 Å². The van der Waals surface area contributed by atoms with Crippen molar-refractivity contribution in [2.75, 3.05) is 5.33 Å². The van der Waals surface area contributed by atoms with Gasteiger partial charge in [0.1, 0.15) is 0 Å². The predicted molar refractivity (Wildman–Crippen MR) is 63.2 cm³/mol. The number of hydrogen-bond acceptors (Lipinski definition) is 0. The zero-order valence-electron chi connectivity index (χ0n) is 8.18. The highest BCUT2D eigenvalue weighted by molar-refractivity contribution is 9.09. The molecule has 0 fully saturated rings. The van der Waals surface area contributed by atoms with Crippen molar-refractivity contribution < 1.29 is 0 Å². The lowest BCUT2D eigenvalue weighted by Crippen LogP contribution is -1.84. The van der Waals surface area contributed by atoms with Gasteiger partial charge < -0.3 is 0 Å². The second-order valence-electron chi connectivity index (χ2n) is 3.15. The molecule has 70 valence electrons. The first kappa shape index (κ1) is 10.5. The number of aryl methyl sites for hydroxylation is 1. The molecule has 1 rings (SSSR count). The number of alkyl halides is 1. The predicted octanol–water partition coefficient (Wildman–Crippen LogP) is 4.18. The second-order valence-corrected chi connectivity index (χ2v) is 3.71. The van der Waals surface area contributed by atoms with Crippen LogP contribution in [0.2, 0.25) is 0 Å². The summed E-state index contributed by atoms with van der Waals surface area (Å²) in [5.74, 6) is 0. The Balaban J connectivity index is 2.95. The molecular weight excluding hydrogens is 224 g/mol. The zero-order valence-corrected chi connectivity index (χ0v) is 9.76. The van der Waals surface area contributed by atoms with Gasteiger partial charge in [-0.2, -0.15) is 0 Å². The van der Waals surface area contributed by atoms with Crippen molar-refractivity contribution in [2.45, 2.75) is 20.3 Å². The minimum absolute atomic E-state index is 0.970. The van der Waals surface area contributed by atoms with Crippen LogP contribution in [-0.4, -0.2) is 5.33 Å². The zero-order chi connectivity index (χ0) is 9.68. The van der Waals surface area contributed by atoms with Gasteiger partial charge >= 0.3 is 0 Å². The van der Waals surface area contributed by atoms with Crippen LogP contribution < -0.4 is 0 Å². The van der Waals surface area contributed by atoms with Crippen molar-refractivity contribution in [2.24, 2.45) is 0 Å². The minimum atomic E-state index is 0.970. The molecule has 0 unspecified atom stereocenters. The first-order chi connectivity index (χ1) is 6.27. The Bertz CT molecular complexity index is 294. The smallest absolute Gasteiger partial charge is 0.0245 e. The van der Waals surface area contributed by atoms with Gasteiger partial charge in [0.25, 0.3) is 0 Å². The monoisotopic (exact) mass is 238 g/mol. The molecule has 0 saturated heterocycles. The molecule has 0 heterocycles. The maximum absolute atomic E-state index is 3.49. The van der Waals surface area contributed by atoms with Gasteiger partial charge in [0.05, 0.1) is 0 Å². The summed E-state index contributed by atoms with van der Waals surface area (Å²) in [5.41, 5.74) is 4.11. The van der Waals surface area contributed by atoms with E-state index in [1.807, 2.05) is 0 Å². The summed E-state index contributed by atoms with van der Waals surface area (Å²) in [4.78, 5) is 0. The molecule has 0 atom stereocenters. The van der Waals surface area contributed by atoms with Gasteiger partial charge in [-0.3, -0.25) is 0 Å². The summed E-state index contributed by atoms with van der Waals surface area (Å²) in [5, 5.41) is 0.970. The summed E-state index contributed by atoms with van der Waals surface area (Å²) in [7, 11) is 0. The highest BCUT2D eigenvalue weighted by atomic mass is 79.9. The maximum Gasteiger partial charge on any atom is 0.0245 e. The van der Waals surface area contributed by atoms with Crippen molar-refractivity contribution in [3.63, 3.8) is 0 Å². The van der Waals surface area contributed by atoms with Crippen molar-refractivity contribution in [1.82, 2.24) is 0 Å². The largest absolute Gasteiger partial charge is 0.0880 e. The molecule has 0 bridgehead atoms. The van der Waals surface area contributed by atoms with Gasteiger partial charge in [0.2, 0.25) is 0 Å². The van der Waals surface area contributed by atoms with E-state index in [0.29, 0.717) is 0 Å². The molecule has 0 aliphatic carbocycles. The summed E-state index contributed by atoms with van der Waals surface area (Å²) >= 11 is 3.49. The van der Waals surface area contributed by atoms with E-state index in [0.717, 1.165) is 11.8 Å². The molecule has 0 nitrogen and oxygen atoms in total. The highest BCUT2D eigenvalue weighted by Crippen LogP contribution is 2.14. The number of halogens is 1. The second kappa shape index (κ2) is 5.23. The molecule has 0 aliphatic heterocycles. The van der Waals surface area contributed by atoms with Gasteiger partial charge in [-0.15, -0.1) is 0 Å². The first-order valence-corrected chi connectivity index (χ1v) is 5.71. The van der Waals surface area contributed by atoms with Gasteiger partial charge in [-0.1, -0.05) is 58.8 Å². The molecule has 0 saturated carbocycles. The summed E-state index contributed by atoms with van der Waals surface area (Å²) < 4.78 is 0. The first-order valence-electron chi connectivity index (χ1n) is 4.59. The molecule has 1 heteroatoms. The van der Waals surface area contributed by atoms with Crippen molar-refractivity contribution in [3.05, 3.63) is 41.0 Å². The Hall–Kier alpha value is -0.560. The molecule has 0 aliphatic rings. The van der Waals surface area contributed by atoms with E-state index in [1.54, 1.807) is 0 Å². The van der Waals surface area contributed by atoms with Crippen LogP contribution in [0.3, 0.4) is 0 Å². The molecular formula is C12H15Br. The quantitative estimate of drug-likeness (QED) is 0.694. The van der Waals surface area contributed by atoms with Crippen LogP contribution in [0.4, 0.5) is 0 Å². The van der Waals surface area contributed by atoms with Crippen LogP contribution in [0.1, 0.15) is 24.5 Å². The Kier molecular flexibility index (Phi) is 4.23. The van der Waals surface area contributed by atoms with Crippen LogP contribution in [0, 0.1) is 6.92 Å². The van der Waals surface area contributed by atoms with Crippen LogP contribution in [-0.2, 0) is 0 Å². The Labute approximate surface area is 88.8 Å². The van der Waals surface area contributed by atoms with Gasteiger partial charge in [-0.25, -0.2) is 0 Å². The number of allylic oxidation sites excluding steroid dienone is 1. The molecule has 1 aromatic carbocycles. The third-order valence-corrected chi connectivity index (χ3v) is 2.89. The Morgan fingerprint density at radius 1 is 1.38 bits per heavy atom. The SMILES string of the molecule is CCC(=Cc1ccccc1C)CBr. The van der Waals surface area contributed by atoms with E-state index in [9.17, 15) is 0 Å². The number of rotatable bonds is 3.